The number of nitrogens with one attached hydrogen (secondary N) is 2. The molecule has 2 rings (SSSR count). The van der Waals surface area contributed by atoms with Crippen LogP contribution in [0.4, 0.5) is 0 Å². The Balaban J connectivity index is 1.72. The molecule has 2 unspecified atom stereocenters. The van der Waals surface area contributed by atoms with E-state index in [-0.39, 0.29) is 17.9 Å². The second-order valence-corrected chi connectivity index (χ2v) is 6.33. The van der Waals surface area contributed by atoms with E-state index in [2.05, 4.69) is 10.6 Å². The number of carbonyl (C=O) groups excluding carboxylic acids is 2. The predicted octanol–water partition coefficient (Wildman–Crippen LogP) is 0.520. The van der Waals surface area contributed by atoms with Gasteiger partial charge in [-0.15, -0.1) is 0 Å². The summed E-state index contributed by atoms with van der Waals surface area (Å²) in [6, 6.07) is 0.144. The maximum atomic E-state index is 12.4. The second-order valence-electron chi connectivity index (χ2n) is 6.33. The summed E-state index contributed by atoms with van der Waals surface area (Å²) in [6.07, 6.45) is 4.07. The zero-order chi connectivity index (χ0) is 15.8. The Morgan fingerprint density at radius 3 is 3.00 bits per heavy atom. The molecule has 22 heavy (non-hydrogen) atoms. The van der Waals surface area contributed by atoms with Crippen molar-refractivity contribution < 1.29 is 14.3 Å². The number of hydrogen-bond donors (Lipinski definition) is 2. The highest BCUT2D eigenvalue weighted by molar-refractivity contribution is 5.77. The number of hydrogen-bond acceptors (Lipinski definition) is 4. The van der Waals surface area contributed by atoms with Crippen LogP contribution < -0.4 is 10.6 Å². The Bertz CT molecular complexity index is 370. The third-order valence-corrected chi connectivity index (χ3v) is 4.36. The number of nitrogens with zero attached hydrogens (tertiary/aromatic N) is 1. The summed E-state index contributed by atoms with van der Waals surface area (Å²) < 4.78 is 5.40. The average Bonchev–Trinajstić information content (AvgIpc) is 2.54. The van der Waals surface area contributed by atoms with Gasteiger partial charge in [0.25, 0.3) is 0 Å². The summed E-state index contributed by atoms with van der Waals surface area (Å²) in [7, 11) is 0. The van der Waals surface area contributed by atoms with Gasteiger partial charge in [0.05, 0.1) is 13.2 Å². The van der Waals surface area contributed by atoms with E-state index in [0.29, 0.717) is 31.9 Å². The van der Waals surface area contributed by atoms with E-state index in [0.717, 1.165) is 45.5 Å². The molecule has 0 spiro atoms. The van der Waals surface area contributed by atoms with Crippen molar-refractivity contribution in [2.24, 2.45) is 5.92 Å². The van der Waals surface area contributed by atoms with Crippen molar-refractivity contribution in [3.05, 3.63) is 0 Å². The quantitative estimate of drug-likeness (QED) is 0.750. The normalized spacial score (nSPS) is 25.8. The third kappa shape index (κ3) is 5.57. The summed E-state index contributed by atoms with van der Waals surface area (Å²) in [5, 5.41) is 6.31. The Morgan fingerprint density at radius 2 is 2.27 bits per heavy atom. The number of rotatable bonds is 6. The standard InChI is InChI=1S/C16H29N3O3/c1-2-4-15(20)18-10-13-5-3-7-19(11-13)16(21)9-14-12-22-8-6-17-14/h13-14,17H,2-12H2,1H3,(H,18,20). The zero-order valence-electron chi connectivity index (χ0n) is 13.6. The van der Waals surface area contributed by atoms with Crippen LogP contribution in [-0.2, 0) is 14.3 Å². The van der Waals surface area contributed by atoms with Gasteiger partial charge in [0.1, 0.15) is 0 Å². The largest absolute Gasteiger partial charge is 0.378 e. The number of morpholine rings is 1. The van der Waals surface area contributed by atoms with E-state index in [1.165, 1.54) is 0 Å². The zero-order valence-corrected chi connectivity index (χ0v) is 13.6. The first-order chi connectivity index (χ1) is 10.7. The molecule has 0 aromatic carbocycles. The van der Waals surface area contributed by atoms with Crippen LogP contribution in [0.15, 0.2) is 0 Å². The maximum Gasteiger partial charge on any atom is 0.224 e. The molecule has 126 valence electrons. The maximum absolute atomic E-state index is 12.4. The highest BCUT2D eigenvalue weighted by atomic mass is 16.5. The van der Waals surface area contributed by atoms with Crippen molar-refractivity contribution in [2.45, 2.75) is 45.1 Å². The summed E-state index contributed by atoms with van der Waals surface area (Å²) in [5.74, 6) is 0.705. The first-order valence-corrected chi connectivity index (χ1v) is 8.54. The SMILES string of the molecule is CCCC(=O)NCC1CCCN(C(=O)CC2COCCN2)C1. The minimum atomic E-state index is 0.120. The minimum absolute atomic E-state index is 0.120. The van der Waals surface area contributed by atoms with Crippen molar-refractivity contribution >= 4 is 11.8 Å². The molecule has 2 atom stereocenters. The first-order valence-electron chi connectivity index (χ1n) is 8.54. The molecule has 2 N–H and O–H groups in total. The van der Waals surface area contributed by atoms with Crippen molar-refractivity contribution in [3.63, 3.8) is 0 Å². The van der Waals surface area contributed by atoms with Gasteiger partial charge in [0.15, 0.2) is 0 Å². The van der Waals surface area contributed by atoms with Crippen molar-refractivity contribution in [2.75, 3.05) is 39.4 Å². The minimum Gasteiger partial charge on any atom is -0.378 e. The number of piperidine rings is 1. The lowest BCUT2D eigenvalue weighted by Gasteiger charge is -2.34. The molecule has 2 saturated heterocycles. The molecule has 0 aromatic rings. The molecule has 0 radical (unpaired) electrons. The van der Waals surface area contributed by atoms with Gasteiger partial charge in [-0.25, -0.2) is 0 Å². The molecule has 6 nitrogen and oxygen atoms in total. The van der Waals surface area contributed by atoms with E-state index in [4.69, 9.17) is 4.74 Å². The number of amides is 2. The summed E-state index contributed by atoms with van der Waals surface area (Å²) >= 11 is 0. The van der Waals surface area contributed by atoms with Crippen molar-refractivity contribution in [1.82, 2.24) is 15.5 Å². The van der Waals surface area contributed by atoms with E-state index in [1.807, 2.05) is 11.8 Å². The van der Waals surface area contributed by atoms with Gasteiger partial charge >= 0.3 is 0 Å². The molecule has 2 heterocycles. The summed E-state index contributed by atoms with van der Waals surface area (Å²) in [5.41, 5.74) is 0. The van der Waals surface area contributed by atoms with E-state index in [9.17, 15) is 9.59 Å². The van der Waals surface area contributed by atoms with Crippen molar-refractivity contribution in [1.29, 1.82) is 0 Å². The number of carbonyl (C=O) groups is 2. The van der Waals surface area contributed by atoms with E-state index in [1.54, 1.807) is 0 Å². The fraction of sp³-hybridized carbons (Fsp3) is 0.875. The van der Waals surface area contributed by atoms with Gasteiger partial charge in [-0.1, -0.05) is 6.92 Å². The lowest BCUT2D eigenvalue weighted by atomic mass is 9.97. The Labute approximate surface area is 132 Å². The van der Waals surface area contributed by atoms with E-state index >= 15 is 0 Å². The molecular formula is C16H29N3O3. The van der Waals surface area contributed by atoms with Gasteiger partial charge in [0, 0.05) is 45.1 Å². The second kappa shape index (κ2) is 9.10. The van der Waals surface area contributed by atoms with Crippen LogP contribution in [0.2, 0.25) is 0 Å². The smallest absolute Gasteiger partial charge is 0.224 e. The van der Waals surface area contributed by atoms with Crippen LogP contribution in [0.1, 0.15) is 39.0 Å². The fourth-order valence-corrected chi connectivity index (χ4v) is 3.12. The Hall–Kier alpha value is -1.14. The summed E-state index contributed by atoms with van der Waals surface area (Å²) in [4.78, 5) is 25.9. The predicted molar refractivity (Wildman–Crippen MR) is 84.4 cm³/mol. The molecule has 0 saturated carbocycles. The van der Waals surface area contributed by atoms with Crippen LogP contribution >= 0.6 is 0 Å². The molecule has 2 amide bonds. The van der Waals surface area contributed by atoms with Gasteiger partial charge in [-0.3, -0.25) is 9.59 Å². The van der Waals surface area contributed by atoms with Gasteiger partial charge in [-0.05, 0) is 25.2 Å². The Morgan fingerprint density at radius 1 is 1.41 bits per heavy atom. The molecule has 0 bridgehead atoms. The van der Waals surface area contributed by atoms with E-state index < -0.39 is 0 Å². The van der Waals surface area contributed by atoms with Crippen LogP contribution in [0.25, 0.3) is 0 Å². The van der Waals surface area contributed by atoms with Gasteiger partial charge in [-0.2, -0.15) is 0 Å². The average molecular weight is 311 g/mol. The van der Waals surface area contributed by atoms with Crippen molar-refractivity contribution in [3.8, 4) is 0 Å². The van der Waals surface area contributed by atoms with Crippen LogP contribution in [0.5, 0.6) is 0 Å². The highest BCUT2D eigenvalue weighted by Gasteiger charge is 2.26. The van der Waals surface area contributed by atoms with Gasteiger partial charge < -0.3 is 20.3 Å². The van der Waals surface area contributed by atoms with Crippen LogP contribution in [0.3, 0.4) is 0 Å². The highest BCUT2D eigenvalue weighted by Crippen LogP contribution is 2.17. The Kier molecular flexibility index (Phi) is 7.12. The first kappa shape index (κ1) is 17.2. The lowest BCUT2D eigenvalue weighted by Crippen LogP contribution is -2.48. The molecule has 2 fully saturated rings. The molecule has 2 aliphatic rings. The number of ether oxygens (including phenoxy) is 1. The topological polar surface area (TPSA) is 70.7 Å². The fourth-order valence-electron chi connectivity index (χ4n) is 3.12. The lowest BCUT2D eigenvalue weighted by molar-refractivity contribution is -0.134. The van der Waals surface area contributed by atoms with Crippen LogP contribution in [-0.4, -0.2) is 62.1 Å². The van der Waals surface area contributed by atoms with Crippen LogP contribution in [0, 0.1) is 5.92 Å². The van der Waals surface area contributed by atoms with Gasteiger partial charge in [0.2, 0.25) is 11.8 Å². The molecule has 2 aliphatic heterocycles. The molecule has 6 heteroatoms. The molecule has 0 aromatic heterocycles. The molecular weight excluding hydrogens is 282 g/mol. The number of likely N-dealkylation sites (tertiary alicyclic amines) is 1. The third-order valence-electron chi connectivity index (χ3n) is 4.36. The molecule has 0 aliphatic carbocycles. The monoisotopic (exact) mass is 311 g/mol. The summed E-state index contributed by atoms with van der Waals surface area (Å²) in [6.45, 7) is 6.47.